The largest absolute Gasteiger partial charge is 0.496 e. The zero-order valence-electron chi connectivity index (χ0n) is 16.9. The Balaban J connectivity index is 2.28. The van der Waals surface area contributed by atoms with E-state index < -0.39 is 5.92 Å². The number of carbonyl (C=O) groups is 1. The van der Waals surface area contributed by atoms with Gasteiger partial charge in [0, 0.05) is 23.3 Å². The smallest absolute Gasteiger partial charge is 0.323 e. The van der Waals surface area contributed by atoms with Gasteiger partial charge in [-0.15, -0.1) is 0 Å². The fourth-order valence-corrected chi connectivity index (χ4v) is 3.56. The Bertz CT molecular complexity index is 867. The maximum absolute atomic E-state index is 12.9. The molecule has 1 heterocycles. The van der Waals surface area contributed by atoms with E-state index in [4.69, 9.17) is 18.9 Å². The number of rotatable bonds is 4. The van der Waals surface area contributed by atoms with Crippen LogP contribution in [-0.4, -0.2) is 27.3 Å². The number of benzene rings is 2. The number of carbonyl (C=O) groups excluding carboxylic acids is 1. The van der Waals surface area contributed by atoms with E-state index in [1.165, 1.54) is 0 Å². The number of hydrogen-bond acceptors (Lipinski definition) is 5. The monoisotopic (exact) mass is 370 g/mol. The molecule has 1 aliphatic rings. The van der Waals surface area contributed by atoms with Crippen LogP contribution in [0.25, 0.3) is 0 Å². The second-order valence-corrected chi connectivity index (χ2v) is 7.78. The predicted molar refractivity (Wildman–Crippen MR) is 103 cm³/mol. The third kappa shape index (κ3) is 3.22. The van der Waals surface area contributed by atoms with Crippen LogP contribution in [-0.2, 0) is 10.2 Å². The van der Waals surface area contributed by atoms with Gasteiger partial charge in [-0.05, 0) is 12.3 Å². The molecule has 5 nitrogen and oxygen atoms in total. The molecule has 27 heavy (non-hydrogen) atoms. The molecule has 0 radical (unpaired) electrons. The fourth-order valence-electron chi connectivity index (χ4n) is 3.56. The first-order valence-corrected chi connectivity index (χ1v) is 8.87. The van der Waals surface area contributed by atoms with Crippen molar-refractivity contribution in [2.45, 2.75) is 39.0 Å². The molecule has 3 rings (SSSR count). The molecule has 0 aromatic heterocycles. The minimum Gasteiger partial charge on any atom is -0.496 e. The van der Waals surface area contributed by atoms with E-state index >= 15 is 0 Å². The Morgan fingerprint density at radius 1 is 0.926 bits per heavy atom. The summed E-state index contributed by atoms with van der Waals surface area (Å²) in [6.45, 7) is 8.35. The van der Waals surface area contributed by atoms with Gasteiger partial charge in [0.1, 0.15) is 28.9 Å². The minimum atomic E-state index is -0.614. The molecule has 0 unspecified atom stereocenters. The summed E-state index contributed by atoms with van der Waals surface area (Å²) in [6, 6.07) is 7.59. The van der Waals surface area contributed by atoms with Crippen molar-refractivity contribution in [3.8, 4) is 23.0 Å². The minimum absolute atomic E-state index is 0.153. The van der Waals surface area contributed by atoms with Crippen LogP contribution < -0.4 is 18.9 Å². The van der Waals surface area contributed by atoms with E-state index in [2.05, 4.69) is 26.8 Å². The second-order valence-electron chi connectivity index (χ2n) is 7.78. The van der Waals surface area contributed by atoms with E-state index in [-0.39, 0.29) is 11.4 Å². The van der Waals surface area contributed by atoms with Crippen LogP contribution in [0, 0.1) is 6.92 Å². The molecular formula is C22H26O5. The molecule has 0 aliphatic carbocycles. The summed E-state index contributed by atoms with van der Waals surface area (Å²) in [5.74, 6) is 1.35. The first-order chi connectivity index (χ1) is 12.7. The standard InChI is InChI=1S/C22H26O5/c1-12-8-14-18(21(23)27-20(14)15(9-12)22(2,3)4)19-16(25-6)10-13(24-5)11-17(19)26-7/h8-11,18H,1-7H3/t18-/m1/s1. The van der Waals surface area contributed by atoms with Crippen molar-refractivity contribution >= 4 is 5.97 Å². The number of ether oxygens (including phenoxy) is 4. The summed E-state index contributed by atoms with van der Waals surface area (Å²) < 4.78 is 22.2. The molecule has 0 saturated heterocycles. The maximum atomic E-state index is 12.9. The average molecular weight is 370 g/mol. The maximum Gasteiger partial charge on any atom is 0.323 e. The van der Waals surface area contributed by atoms with Crippen molar-refractivity contribution in [1.29, 1.82) is 0 Å². The predicted octanol–water partition coefficient (Wildman–Crippen LogP) is 4.37. The van der Waals surface area contributed by atoms with Crippen LogP contribution in [0.1, 0.15) is 48.9 Å². The van der Waals surface area contributed by atoms with E-state index in [9.17, 15) is 4.79 Å². The van der Waals surface area contributed by atoms with Crippen LogP contribution >= 0.6 is 0 Å². The highest BCUT2D eigenvalue weighted by Crippen LogP contribution is 2.50. The number of hydrogen-bond donors (Lipinski definition) is 0. The van der Waals surface area contributed by atoms with Gasteiger partial charge < -0.3 is 18.9 Å². The molecule has 0 amide bonds. The number of esters is 1. The normalized spacial score (nSPS) is 16.0. The molecule has 0 spiro atoms. The van der Waals surface area contributed by atoms with Crippen LogP contribution in [0.3, 0.4) is 0 Å². The summed E-state index contributed by atoms with van der Waals surface area (Å²) in [5, 5.41) is 0. The Morgan fingerprint density at radius 2 is 1.52 bits per heavy atom. The molecule has 0 fully saturated rings. The Labute approximate surface area is 160 Å². The summed E-state index contributed by atoms with van der Waals surface area (Å²) in [7, 11) is 4.71. The zero-order valence-corrected chi connectivity index (χ0v) is 16.9. The van der Waals surface area contributed by atoms with E-state index in [1.54, 1.807) is 33.5 Å². The fraction of sp³-hybridized carbons (Fsp3) is 0.409. The summed E-state index contributed by atoms with van der Waals surface area (Å²) in [5.41, 5.74) is 3.43. The highest BCUT2D eigenvalue weighted by molar-refractivity contribution is 5.92. The number of aryl methyl sites for hydroxylation is 1. The lowest BCUT2D eigenvalue weighted by Crippen LogP contribution is -2.14. The van der Waals surface area contributed by atoms with Crippen LogP contribution in [0.2, 0.25) is 0 Å². The van der Waals surface area contributed by atoms with Crippen molar-refractivity contribution in [2.24, 2.45) is 0 Å². The average Bonchev–Trinajstić information content (AvgIpc) is 2.94. The van der Waals surface area contributed by atoms with Crippen LogP contribution in [0.15, 0.2) is 24.3 Å². The second kappa shape index (κ2) is 6.80. The first-order valence-electron chi connectivity index (χ1n) is 8.87. The van der Waals surface area contributed by atoms with Gasteiger partial charge in [-0.25, -0.2) is 0 Å². The van der Waals surface area contributed by atoms with Crippen LogP contribution in [0.4, 0.5) is 0 Å². The number of methoxy groups -OCH3 is 3. The molecular weight excluding hydrogens is 344 g/mol. The van der Waals surface area contributed by atoms with Crippen molar-refractivity contribution < 1.29 is 23.7 Å². The van der Waals surface area contributed by atoms with Crippen molar-refractivity contribution in [3.05, 3.63) is 46.5 Å². The molecule has 5 heteroatoms. The Kier molecular flexibility index (Phi) is 4.81. The first kappa shape index (κ1) is 19.1. The third-order valence-corrected chi connectivity index (χ3v) is 4.86. The van der Waals surface area contributed by atoms with Crippen molar-refractivity contribution in [3.63, 3.8) is 0 Å². The lowest BCUT2D eigenvalue weighted by atomic mass is 9.81. The molecule has 1 atom stereocenters. The van der Waals surface area contributed by atoms with Crippen molar-refractivity contribution in [1.82, 2.24) is 0 Å². The van der Waals surface area contributed by atoms with E-state index in [0.29, 0.717) is 28.6 Å². The summed E-state index contributed by atoms with van der Waals surface area (Å²) in [6.07, 6.45) is 0. The molecule has 0 bridgehead atoms. The summed E-state index contributed by atoms with van der Waals surface area (Å²) in [4.78, 5) is 12.9. The SMILES string of the molecule is COc1cc(OC)c([C@@H]2C(=O)Oc3c2cc(C)cc3C(C)(C)C)c(OC)c1. The molecule has 144 valence electrons. The highest BCUT2D eigenvalue weighted by Gasteiger charge is 2.41. The molecule has 0 N–H and O–H groups in total. The van der Waals surface area contributed by atoms with Gasteiger partial charge in [-0.2, -0.15) is 0 Å². The third-order valence-electron chi connectivity index (χ3n) is 4.86. The highest BCUT2D eigenvalue weighted by atomic mass is 16.5. The molecule has 0 saturated carbocycles. The molecule has 2 aromatic rings. The van der Waals surface area contributed by atoms with Gasteiger partial charge >= 0.3 is 5.97 Å². The van der Waals surface area contributed by atoms with Gasteiger partial charge in [0.15, 0.2) is 0 Å². The van der Waals surface area contributed by atoms with E-state index in [1.807, 2.05) is 13.0 Å². The molecule has 1 aliphatic heterocycles. The van der Waals surface area contributed by atoms with E-state index in [0.717, 1.165) is 16.7 Å². The Hall–Kier alpha value is -2.69. The van der Waals surface area contributed by atoms with Gasteiger partial charge in [-0.3, -0.25) is 4.79 Å². The topological polar surface area (TPSA) is 54.0 Å². The lowest BCUT2D eigenvalue weighted by Gasteiger charge is -2.22. The molecule has 2 aromatic carbocycles. The quantitative estimate of drug-likeness (QED) is 0.591. The zero-order chi connectivity index (χ0) is 19.9. The van der Waals surface area contributed by atoms with Crippen molar-refractivity contribution in [2.75, 3.05) is 21.3 Å². The Morgan fingerprint density at radius 3 is 2.00 bits per heavy atom. The van der Waals surface area contributed by atoms with Gasteiger partial charge in [0.2, 0.25) is 0 Å². The van der Waals surface area contributed by atoms with Gasteiger partial charge in [0.05, 0.1) is 26.9 Å². The lowest BCUT2D eigenvalue weighted by molar-refractivity contribution is -0.133. The van der Waals surface area contributed by atoms with Gasteiger partial charge in [-0.1, -0.05) is 38.5 Å². The van der Waals surface area contributed by atoms with Gasteiger partial charge in [0.25, 0.3) is 0 Å². The number of fused-ring (bicyclic) bond motifs is 1. The summed E-state index contributed by atoms with van der Waals surface area (Å²) >= 11 is 0. The van der Waals surface area contributed by atoms with Crippen LogP contribution in [0.5, 0.6) is 23.0 Å².